The van der Waals surface area contributed by atoms with Gasteiger partial charge in [-0.2, -0.15) is 0 Å². The van der Waals surface area contributed by atoms with E-state index in [1.165, 1.54) is 69.5 Å². The van der Waals surface area contributed by atoms with Crippen LogP contribution in [0.3, 0.4) is 0 Å². The summed E-state index contributed by atoms with van der Waals surface area (Å²) in [6.07, 6.45) is 5.15. The summed E-state index contributed by atoms with van der Waals surface area (Å²) >= 11 is 0. The molecule has 3 heterocycles. The van der Waals surface area contributed by atoms with Gasteiger partial charge < -0.3 is 23.8 Å². The summed E-state index contributed by atoms with van der Waals surface area (Å²) in [4.78, 5) is 10.5. The Kier molecular flexibility index (Phi) is 8.29. The van der Waals surface area contributed by atoms with E-state index in [0.29, 0.717) is 12.0 Å². The molecule has 2 saturated heterocycles. The average Bonchev–Trinajstić information content (AvgIpc) is 3.32. The molecule has 6 heteroatoms. The summed E-state index contributed by atoms with van der Waals surface area (Å²) in [7, 11) is 3.35. The van der Waals surface area contributed by atoms with E-state index in [0.717, 1.165) is 40.4 Å². The quantitative estimate of drug-likeness (QED) is 0.336. The van der Waals surface area contributed by atoms with Crippen molar-refractivity contribution in [2.24, 2.45) is 5.92 Å². The number of benzene rings is 2. The third-order valence-corrected chi connectivity index (χ3v) is 8.57. The minimum atomic E-state index is 0.293. The molecule has 0 aliphatic carbocycles. The van der Waals surface area contributed by atoms with Crippen molar-refractivity contribution in [2.75, 3.05) is 46.9 Å². The molecule has 0 spiro atoms. The molecule has 6 nitrogen and oxygen atoms in total. The van der Waals surface area contributed by atoms with Crippen LogP contribution in [0.1, 0.15) is 70.9 Å². The summed E-state index contributed by atoms with van der Waals surface area (Å²) in [5.41, 5.74) is 4.78. The number of nitrogens with zero attached hydrogens (tertiary/aromatic N) is 4. The van der Waals surface area contributed by atoms with E-state index in [1.807, 2.05) is 12.1 Å². The number of rotatable bonds is 8. The van der Waals surface area contributed by atoms with Gasteiger partial charge in [0, 0.05) is 24.2 Å². The second-order valence-corrected chi connectivity index (χ2v) is 12.0. The van der Waals surface area contributed by atoms with Crippen molar-refractivity contribution < 1.29 is 9.47 Å². The predicted octanol–water partition coefficient (Wildman–Crippen LogP) is 6.60. The highest BCUT2D eigenvalue weighted by Crippen LogP contribution is 2.37. The Hall–Kier alpha value is -2.57. The molecule has 3 aromatic rings. The van der Waals surface area contributed by atoms with Crippen molar-refractivity contribution in [1.82, 2.24) is 19.4 Å². The van der Waals surface area contributed by atoms with Crippen LogP contribution in [0, 0.1) is 5.92 Å². The SMILES string of the molecule is COc1ccc(-c2nc3ccc(C4CCN(C5CCN(CC(C)C)CC5)CC4)cc3n2C(C)C)cc1OC. The first-order valence-electron chi connectivity index (χ1n) is 14.6. The Bertz CT molecular complexity index is 1220. The van der Waals surface area contributed by atoms with E-state index in [1.54, 1.807) is 14.2 Å². The number of hydrogen-bond acceptors (Lipinski definition) is 5. The summed E-state index contributed by atoms with van der Waals surface area (Å²) < 4.78 is 13.4. The number of hydrogen-bond donors (Lipinski definition) is 0. The van der Waals surface area contributed by atoms with Crippen LogP contribution < -0.4 is 9.47 Å². The number of fused-ring (bicyclic) bond motifs is 1. The van der Waals surface area contributed by atoms with E-state index >= 15 is 0 Å². The number of aromatic nitrogens is 2. The molecule has 38 heavy (non-hydrogen) atoms. The fraction of sp³-hybridized carbons (Fsp3) is 0.594. The lowest BCUT2D eigenvalue weighted by Crippen LogP contribution is -2.48. The molecular formula is C32H46N4O2. The fourth-order valence-electron chi connectivity index (χ4n) is 6.65. The van der Waals surface area contributed by atoms with E-state index in [2.05, 4.69) is 66.3 Å². The Labute approximate surface area is 228 Å². The van der Waals surface area contributed by atoms with Crippen LogP contribution in [0.15, 0.2) is 36.4 Å². The van der Waals surface area contributed by atoms with Gasteiger partial charge in [-0.05, 0) is 113 Å². The van der Waals surface area contributed by atoms with Crippen LogP contribution in [0.5, 0.6) is 11.5 Å². The molecule has 2 aliphatic heterocycles. The summed E-state index contributed by atoms with van der Waals surface area (Å²) in [5, 5.41) is 0. The molecule has 2 fully saturated rings. The lowest BCUT2D eigenvalue weighted by atomic mass is 9.87. The van der Waals surface area contributed by atoms with Gasteiger partial charge >= 0.3 is 0 Å². The van der Waals surface area contributed by atoms with Crippen LogP contribution in [0.25, 0.3) is 22.4 Å². The minimum absolute atomic E-state index is 0.293. The first kappa shape index (κ1) is 27.0. The predicted molar refractivity (Wildman–Crippen MR) is 157 cm³/mol. The Morgan fingerprint density at radius 2 is 1.55 bits per heavy atom. The highest BCUT2D eigenvalue weighted by Gasteiger charge is 2.29. The Morgan fingerprint density at radius 1 is 0.842 bits per heavy atom. The maximum absolute atomic E-state index is 5.58. The van der Waals surface area contributed by atoms with E-state index < -0.39 is 0 Å². The van der Waals surface area contributed by atoms with E-state index in [4.69, 9.17) is 14.5 Å². The van der Waals surface area contributed by atoms with Crippen molar-refractivity contribution >= 4 is 11.0 Å². The standard InChI is InChI=1S/C32H46N4O2/c1-22(2)21-34-15-13-27(14-16-34)35-17-11-24(12-18-35)25-7-9-28-29(19-25)36(23(3)4)32(33-28)26-8-10-30(37-5)31(20-26)38-6/h7-10,19-20,22-24,27H,11-18,21H2,1-6H3. The number of ether oxygens (including phenoxy) is 2. The molecule has 0 unspecified atom stereocenters. The smallest absolute Gasteiger partial charge is 0.161 e. The van der Waals surface area contributed by atoms with Gasteiger partial charge in [-0.15, -0.1) is 0 Å². The number of imidazole rings is 1. The molecule has 5 rings (SSSR count). The van der Waals surface area contributed by atoms with Gasteiger partial charge in [-0.1, -0.05) is 19.9 Å². The molecule has 2 aromatic carbocycles. The molecule has 0 amide bonds. The zero-order valence-corrected chi connectivity index (χ0v) is 24.2. The van der Waals surface area contributed by atoms with Crippen molar-refractivity contribution in [3.05, 3.63) is 42.0 Å². The van der Waals surface area contributed by atoms with E-state index in [-0.39, 0.29) is 0 Å². The topological polar surface area (TPSA) is 42.8 Å². The lowest BCUT2D eigenvalue weighted by Gasteiger charge is -2.42. The maximum atomic E-state index is 5.58. The van der Waals surface area contributed by atoms with Crippen LogP contribution in [0.4, 0.5) is 0 Å². The van der Waals surface area contributed by atoms with Crippen LogP contribution in [-0.2, 0) is 0 Å². The summed E-state index contributed by atoms with van der Waals surface area (Å²) in [5.74, 6) is 3.83. The molecule has 0 N–H and O–H groups in total. The molecule has 0 atom stereocenters. The summed E-state index contributed by atoms with van der Waals surface area (Å²) in [6, 6.07) is 14.1. The number of methoxy groups -OCH3 is 2. The first-order valence-corrected chi connectivity index (χ1v) is 14.6. The molecular weight excluding hydrogens is 472 g/mol. The fourth-order valence-corrected chi connectivity index (χ4v) is 6.65. The van der Waals surface area contributed by atoms with Crippen LogP contribution in [-0.4, -0.2) is 72.3 Å². The van der Waals surface area contributed by atoms with Crippen LogP contribution >= 0.6 is 0 Å². The van der Waals surface area contributed by atoms with Gasteiger partial charge in [0.05, 0.1) is 25.3 Å². The van der Waals surface area contributed by atoms with Gasteiger partial charge in [0.25, 0.3) is 0 Å². The average molecular weight is 519 g/mol. The zero-order chi connectivity index (χ0) is 26.8. The Morgan fingerprint density at radius 3 is 2.18 bits per heavy atom. The second-order valence-electron chi connectivity index (χ2n) is 12.0. The van der Waals surface area contributed by atoms with Crippen molar-refractivity contribution in [3.63, 3.8) is 0 Å². The van der Waals surface area contributed by atoms with Gasteiger partial charge in [0.1, 0.15) is 5.82 Å². The van der Waals surface area contributed by atoms with E-state index in [9.17, 15) is 0 Å². The molecule has 1 aromatic heterocycles. The first-order chi connectivity index (χ1) is 18.4. The monoisotopic (exact) mass is 518 g/mol. The van der Waals surface area contributed by atoms with Crippen molar-refractivity contribution in [2.45, 2.75) is 71.4 Å². The van der Waals surface area contributed by atoms with Crippen molar-refractivity contribution in [1.29, 1.82) is 0 Å². The summed E-state index contributed by atoms with van der Waals surface area (Å²) in [6.45, 7) is 15.4. The third-order valence-electron chi connectivity index (χ3n) is 8.57. The largest absolute Gasteiger partial charge is 0.493 e. The Balaban J connectivity index is 1.32. The normalized spacial score (nSPS) is 18.6. The van der Waals surface area contributed by atoms with Crippen molar-refractivity contribution in [3.8, 4) is 22.9 Å². The number of piperidine rings is 2. The van der Waals surface area contributed by atoms with Gasteiger partial charge in [-0.25, -0.2) is 4.98 Å². The molecule has 206 valence electrons. The van der Waals surface area contributed by atoms with Gasteiger partial charge in [0.15, 0.2) is 11.5 Å². The molecule has 0 bridgehead atoms. The lowest BCUT2D eigenvalue weighted by molar-refractivity contribution is 0.0828. The highest BCUT2D eigenvalue weighted by atomic mass is 16.5. The minimum Gasteiger partial charge on any atom is -0.493 e. The van der Waals surface area contributed by atoms with Gasteiger partial charge in [0.2, 0.25) is 0 Å². The van der Waals surface area contributed by atoms with Gasteiger partial charge in [-0.3, -0.25) is 0 Å². The third kappa shape index (κ3) is 5.57. The number of likely N-dealkylation sites (tertiary alicyclic amines) is 2. The maximum Gasteiger partial charge on any atom is 0.161 e. The van der Waals surface area contributed by atoms with Crippen LogP contribution in [0.2, 0.25) is 0 Å². The zero-order valence-electron chi connectivity index (χ0n) is 24.2. The molecule has 0 radical (unpaired) electrons. The highest BCUT2D eigenvalue weighted by molar-refractivity contribution is 5.82. The second kappa shape index (κ2) is 11.7. The molecule has 0 saturated carbocycles. The molecule has 2 aliphatic rings.